The second-order valence-corrected chi connectivity index (χ2v) is 15.5. The molecule has 2 atom stereocenters. The predicted molar refractivity (Wildman–Crippen MR) is 190 cm³/mol. The zero-order valence-corrected chi connectivity index (χ0v) is 30.1. The van der Waals surface area contributed by atoms with E-state index in [1.54, 1.807) is 21.0 Å². The maximum atomic E-state index is 14.4. The van der Waals surface area contributed by atoms with Crippen molar-refractivity contribution in [2.24, 2.45) is 0 Å². The van der Waals surface area contributed by atoms with E-state index in [1.807, 2.05) is 32.9 Å². The van der Waals surface area contributed by atoms with E-state index in [2.05, 4.69) is 40.4 Å². The van der Waals surface area contributed by atoms with Crippen LogP contribution in [0.1, 0.15) is 90.9 Å². The highest BCUT2D eigenvalue weighted by atomic mass is 35.5. The van der Waals surface area contributed by atoms with E-state index < -0.39 is 23.7 Å². The lowest BCUT2D eigenvalue weighted by molar-refractivity contribution is -0.121. The summed E-state index contributed by atoms with van der Waals surface area (Å²) in [4.78, 5) is 52.6. The number of halogens is 2. The van der Waals surface area contributed by atoms with Gasteiger partial charge >= 0.3 is 6.09 Å². The highest BCUT2D eigenvalue weighted by Gasteiger charge is 2.42. The van der Waals surface area contributed by atoms with Crippen molar-refractivity contribution in [3.63, 3.8) is 0 Å². The van der Waals surface area contributed by atoms with Crippen molar-refractivity contribution in [1.82, 2.24) is 24.3 Å². The second kappa shape index (κ2) is 13.4. The molecule has 0 radical (unpaired) electrons. The summed E-state index contributed by atoms with van der Waals surface area (Å²) < 4.78 is 21.7. The Labute approximate surface area is 299 Å². The maximum absolute atomic E-state index is 14.4. The minimum Gasteiger partial charge on any atom is -0.444 e. The van der Waals surface area contributed by atoms with Gasteiger partial charge < -0.3 is 19.1 Å². The van der Waals surface area contributed by atoms with Crippen LogP contribution in [0.3, 0.4) is 0 Å². The highest BCUT2D eigenvalue weighted by molar-refractivity contribution is 7.13. The summed E-state index contributed by atoms with van der Waals surface area (Å²) in [5, 5.41) is 5.40. The summed E-state index contributed by atoms with van der Waals surface area (Å²) in [6.45, 7) is 9.31. The first-order valence-corrected chi connectivity index (χ1v) is 18.3. The Balaban J connectivity index is 1.14. The fourth-order valence-corrected chi connectivity index (χ4v) is 8.15. The Morgan fingerprint density at radius 1 is 1.14 bits per heavy atom. The summed E-state index contributed by atoms with van der Waals surface area (Å²) in [6.07, 6.45) is 4.42. The van der Waals surface area contributed by atoms with Crippen LogP contribution < -0.4 is 5.32 Å². The number of alkyl halides is 1. The van der Waals surface area contributed by atoms with Crippen molar-refractivity contribution >= 4 is 46.0 Å². The van der Waals surface area contributed by atoms with Gasteiger partial charge in [-0.05, 0) is 80.3 Å². The number of hydrogen-bond donors (Lipinski definition) is 1. The van der Waals surface area contributed by atoms with E-state index >= 15 is 0 Å². The molecule has 262 valence electrons. The number of ether oxygens (including phenoxy) is 1. The number of carbonyl (C=O) groups excluding carboxylic acids is 3. The standard InChI is InChI=1S/C37H40ClFN6O4S/c1-5-21-14-23(6-7-26(21)22-8-11-43(12-9-22)36(48)49-37(2,3)4)24-15-27-28(29(38)16-24)19-45(34(27)47)32(33(46)42-35-40-10-13-50-35)31-30-17-25(39)18-44(30)20-41-31/h6-7,10,13-16,20,22,25,32H,5,8-9,11-12,17-19H2,1-4H3,(H,40,42,46)/t25-,32?/m1/s1. The normalized spacial score (nSPS) is 18.3. The molecular formula is C37H40ClFN6O4S. The fourth-order valence-electron chi connectivity index (χ4n) is 7.34. The van der Waals surface area contributed by atoms with Gasteiger partial charge in [-0.15, -0.1) is 11.3 Å². The number of nitrogens with zero attached hydrogens (tertiary/aromatic N) is 5. The molecule has 1 N–H and O–H groups in total. The third-order valence-corrected chi connectivity index (χ3v) is 10.8. The van der Waals surface area contributed by atoms with Gasteiger partial charge in [-0.1, -0.05) is 36.7 Å². The lowest BCUT2D eigenvalue weighted by Gasteiger charge is -2.34. The molecule has 0 saturated carbocycles. The van der Waals surface area contributed by atoms with Crippen molar-refractivity contribution in [3.8, 4) is 11.1 Å². The Bertz CT molecular complexity index is 1950. The van der Waals surface area contributed by atoms with Crippen LogP contribution >= 0.6 is 22.9 Å². The predicted octanol–water partition coefficient (Wildman–Crippen LogP) is 7.57. The number of likely N-dealkylation sites (tertiary alicyclic amines) is 1. The molecule has 10 nitrogen and oxygen atoms in total. The van der Waals surface area contributed by atoms with Gasteiger partial charge in [-0.2, -0.15) is 0 Å². The number of amides is 3. The summed E-state index contributed by atoms with van der Waals surface area (Å²) in [7, 11) is 0. The fraction of sp³-hybridized carbons (Fsp3) is 0.432. The number of rotatable bonds is 7. The van der Waals surface area contributed by atoms with E-state index in [0.717, 1.165) is 30.4 Å². The summed E-state index contributed by atoms with van der Waals surface area (Å²) in [6, 6.07) is 9.01. The van der Waals surface area contributed by atoms with E-state index in [4.69, 9.17) is 16.3 Å². The number of benzene rings is 2. The number of imidazole rings is 1. The molecule has 1 fully saturated rings. The van der Waals surface area contributed by atoms with Gasteiger partial charge in [0.2, 0.25) is 0 Å². The van der Waals surface area contributed by atoms with Gasteiger partial charge in [0.05, 0.1) is 18.6 Å². The summed E-state index contributed by atoms with van der Waals surface area (Å²) >= 11 is 8.17. The lowest BCUT2D eigenvalue weighted by atomic mass is 9.84. The highest BCUT2D eigenvalue weighted by Crippen LogP contribution is 2.41. The van der Waals surface area contributed by atoms with Crippen LogP contribution in [0.25, 0.3) is 11.1 Å². The number of nitrogens with one attached hydrogen (secondary N) is 1. The van der Waals surface area contributed by atoms with Crippen LogP contribution in [0.2, 0.25) is 5.02 Å². The number of anilines is 1. The number of hydrogen-bond acceptors (Lipinski definition) is 7. The molecule has 4 aromatic rings. The van der Waals surface area contributed by atoms with E-state index in [0.29, 0.717) is 51.7 Å². The Morgan fingerprint density at radius 2 is 1.92 bits per heavy atom. The van der Waals surface area contributed by atoms with Gasteiger partial charge in [-0.3, -0.25) is 14.9 Å². The Morgan fingerprint density at radius 3 is 2.62 bits per heavy atom. The maximum Gasteiger partial charge on any atom is 0.410 e. The summed E-state index contributed by atoms with van der Waals surface area (Å²) in [5.41, 5.74) is 5.72. The molecule has 5 heterocycles. The SMILES string of the molecule is CCc1cc(-c2cc(Cl)c3c(c2)C(=O)N(C(C(=O)Nc2nccs2)c2ncn4c2C[C@@H](F)C4)C3)ccc1C1CCN(C(=O)OC(C)(C)C)CC1. The van der Waals surface area contributed by atoms with Crippen LogP contribution in [-0.4, -0.2) is 67.1 Å². The van der Waals surface area contributed by atoms with Crippen LogP contribution in [0.5, 0.6) is 0 Å². The van der Waals surface area contributed by atoms with Gasteiger partial charge in [0, 0.05) is 59.5 Å². The minimum absolute atomic E-state index is 0.107. The van der Waals surface area contributed by atoms with Crippen molar-refractivity contribution < 1.29 is 23.5 Å². The molecule has 7 rings (SSSR count). The first-order chi connectivity index (χ1) is 23.9. The topological polar surface area (TPSA) is 110 Å². The zero-order valence-electron chi connectivity index (χ0n) is 28.5. The van der Waals surface area contributed by atoms with E-state index in [9.17, 15) is 18.8 Å². The number of carbonyl (C=O) groups is 3. The van der Waals surface area contributed by atoms with Gasteiger partial charge in [0.15, 0.2) is 11.2 Å². The van der Waals surface area contributed by atoms with Crippen molar-refractivity contribution in [2.75, 3.05) is 18.4 Å². The monoisotopic (exact) mass is 718 g/mol. The molecule has 0 spiro atoms. The number of thiazole rings is 1. The van der Waals surface area contributed by atoms with Crippen LogP contribution in [0, 0.1) is 0 Å². The van der Waals surface area contributed by atoms with Gasteiger partial charge in [0.25, 0.3) is 11.8 Å². The van der Waals surface area contributed by atoms with E-state index in [-0.39, 0.29) is 31.5 Å². The Kier molecular flexibility index (Phi) is 9.19. The number of aryl methyl sites for hydroxylation is 1. The van der Waals surface area contributed by atoms with Gasteiger partial charge in [0.1, 0.15) is 11.8 Å². The average Bonchev–Trinajstić information content (AvgIpc) is 3.87. The minimum atomic E-state index is -1.10. The molecule has 50 heavy (non-hydrogen) atoms. The summed E-state index contributed by atoms with van der Waals surface area (Å²) in [5.74, 6) is -0.494. The van der Waals surface area contributed by atoms with Gasteiger partial charge in [-0.25, -0.2) is 19.2 Å². The number of piperidine rings is 1. The number of aromatic nitrogens is 3. The third-order valence-electron chi connectivity index (χ3n) is 9.73. The third kappa shape index (κ3) is 6.62. The molecule has 2 aromatic carbocycles. The first kappa shape index (κ1) is 34.2. The zero-order chi connectivity index (χ0) is 35.3. The molecule has 1 saturated heterocycles. The van der Waals surface area contributed by atoms with Crippen LogP contribution in [0.4, 0.5) is 14.3 Å². The molecule has 3 aliphatic rings. The molecular weight excluding hydrogens is 679 g/mol. The quantitative estimate of drug-likeness (QED) is 0.211. The molecule has 13 heteroatoms. The number of fused-ring (bicyclic) bond motifs is 2. The van der Waals surface area contributed by atoms with Crippen LogP contribution in [-0.2, 0) is 35.5 Å². The van der Waals surface area contributed by atoms with Crippen molar-refractivity contribution in [3.05, 3.63) is 86.9 Å². The largest absolute Gasteiger partial charge is 0.444 e. The first-order valence-electron chi connectivity index (χ1n) is 17.0. The molecule has 2 aromatic heterocycles. The molecule has 0 bridgehead atoms. The molecule has 0 aliphatic carbocycles. The van der Waals surface area contributed by atoms with E-state index in [1.165, 1.54) is 33.7 Å². The smallest absolute Gasteiger partial charge is 0.410 e. The molecule has 3 amide bonds. The molecule has 1 unspecified atom stereocenters. The second-order valence-electron chi connectivity index (χ2n) is 14.2. The molecule has 3 aliphatic heterocycles. The van der Waals surface area contributed by atoms with Crippen molar-refractivity contribution in [2.45, 2.75) is 90.2 Å². The average molecular weight is 719 g/mol. The van der Waals surface area contributed by atoms with Crippen molar-refractivity contribution in [1.29, 1.82) is 0 Å². The lowest BCUT2D eigenvalue weighted by Crippen LogP contribution is -2.41. The van der Waals surface area contributed by atoms with Crippen LogP contribution in [0.15, 0.2) is 48.2 Å². The Hall–Kier alpha value is -4.29.